The molecular formula is C13H11Cl2F2N3S. The SMILES string of the molecule is CNc1nc(Nc2ccccc2SC(F)F)c(Cl)cc1Cl. The van der Waals surface area contributed by atoms with Crippen LogP contribution in [0.2, 0.25) is 10.0 Å². The third-order valence-corrected chi connectivity index (χ3v) is 3.89. The molecule has 0 aliphatic rings. The zero-order valence-electron chi connectivity index (χ0n) is 10.8. The highest BCUT2D eigenvalue weighted by Gasteiger charge is 2.13. The standard InChI is InChI=1S/C13H11Cl2F2N3S/c1-18-11-7(14)6-8(15)12(20-11)19-9-4-2-3-5-10(9)21-13(16)17/h2-6,13H,1H3,(H2,18,19,20). The highest BCUT2D eigenvalue weighted by atomic mass is 35.5. The normalized spacial score (nSPS) is 10.8. The second-order valence-electron chi connectivity index (χ2n) is 3.90. The van der Waals surface area contributed by atoms with Crippen LogP contribution in [0.3, 0.4) is 0 Å². The summed E-state index contributed by atoms with van der Waals surface area (Å²) in [6, 6.07) is 8.23. The van der Waals surface area contributed by atoms with Gasteiger partial charge in [0.1, 0.15) is 5.82 Å². The van der Waals surface area contributed by atoms with E-state index < -0.39 is 5.76 Å². The molecule has 0 spiro atoms. The van der Waals surface area contributed by atoms with Crippen LogP contribution in [0.4, 0.5) is 26.1 Å². The summed E-state index contributed by atoms with van der Waals surface area (Å²) < 4.78 is 25.1. The van der Waals surface area contributed by atoms with Gasteiger partial charge in [0.15, 0.2) is 5.82 Å². The van der Waals surface area contributed by atoms with Gasteiger partial charge < -0.3 is 10.6 Å². The molecular weight excluding hydrogens is 339 g/mol. The van der Waals surface area contributed by atoms with Crippen molar-refractivity contribution in [2.75, 3.05) is 17.7 Å². The Bertz CT molecular complexity index is 641. The Morgan fingerprint density at radius 3 is 2.48 bits per heavy atom. The van der Waals surface area contributed by atoms with Gasteiger partial charge in [-0.05, 0) is 18.2 Å². The van der Waals surface area contributed by atoms with Crippen LogP contribution in [-0.4, -0.2) is 17.8 Å². The molecule has 0 amide bonds. The molecule has 0 fully saturated rings. The van der Waals surface area contributed by atoms with Crippen molar-refractivity contribution in [3.05, 3.63) is 40.4 Å². The highest BCUT2D eigenvalue weighted by molar-refractivity contribution is 7.99. The van der Waals surface area contributed by atoms with E-state index in [1.54, 1.807) is 31.3 Å². The molecule has 0 unspecified atom stereocenters. The molecule has 2 N–H and O–H groups in total. The second-order valence-corrected chi connectivity index (χ2v) is 5.75. The summed E-state index contributed by atoms with van der Waals surface area (Å²) in [4.78, 5) is 4.63. The number of pyridine rings is 1. The average Bonchev–Trinajstić information content (AvgIpc) is 2.43. The van der Waals surface area contributed by atoms with Crippen LogP contribution in [0.15, 0.2) is 35.2 Å². The van der Waals surface area contributed by atoms with Gasteiger partial charge >= 0.3 is 0 Å². The fraction of sp³-hybridized carbons (Fsp3) is 0.154. The molecule has 0 saturated heterocycles. The van der Waals surface area contributed by atoms with Crippen molar-refractivity contribution in [3.63, 3.8) is 0 Å². The fourth-order valence-electron chi connectivity index (χ4n) is 1.63. The van der Waals surface area contributed by atoms with Crippen LogP contribution >= 0.6 is 35.0 Å². The zero-order valence-corrected chi connectivity index (χ0v) is 13.2. The van der Waals surface area contributed by atoms with E-state index in [1.807, 2.05) is 0 Å². The first-order chi connectivity index (χ1) is 10.0. The van der Waals surface area contributed by atoms with Crippen molar-refractivity contribution in [2.24, 2.45) is 0 Å². The Morgan fingerprint density at radius 1 is 1.14 bits per heavy atom. The molecule has 0 aliphatic carbocycles. The summed E-state index contributed by atoms with van der Waals surface area (Å²) >= 11 is 12.5. The van der Waals surface area contributed by atoms with E-state index in [1.165, 1.54) is 6.07 Å². The van der Waals surface area contributed by atoms with Crippen LogP contribution in [0, 0.1) is 0 Å². The number of nitrogens with one attached hydrogen (secondary N) is 2. The minimum atomic E-state index is -2.51. The van der Waals surface area contributed by atoms with Crippen molar-refractivity contribution >= 4 is 52.3 Å². The fourth-order valence-corrected chi connectivity index (χ4v) is 2.72. The van der Waals surface area contributed by atoms with Crippen LogP contribution in [0.1, 0.15) is 0 Å². The minimum Gasteiger partial charge on any atom is -0.372 e. The van der Waals surface area contributed by atoms with Gasteiger partial charge in [-0.3, -0.25) is 0 Å². The first-order valence-electron chi connectivity index (χ1n) is 5.86. The van der Waals surface area contributed by atoms with E-state index in [2.05, 4.69) is 15.6 Å². The number of para-hydroxylation sites is 1. The molecule has 1 aromatic carbocycles. The third-order valence-electron chi connectivity index (χ3n) is 2.52. The lowest BCUT2D eigenvalue weighted by atomic mass is 10.3. The van der Waals surface area contributed by atoms with Gasteiger partial charge in [0, 0.05) is 11.9 Å². The molecule has 0 bridgehead atoms. The summed E-state index contributed by atoms with van der Waals surface area (Å²) in [6.07, 6.45) is 0. The van der Waals surface area contributed by atoms with E-state index in [0.29, 0.717) is 44.0 Å². The van der Waals surface area contributed by atoms with Crippen LogP contribution in [-0.2, 0) is 0 Å². The molecule has 8 heteroatoms. The van der Waals surface area contributed by atoms with E-state index in [9.17, 15) is 8.78 Å². The van der Waals surface area contributed by atoms with Crippen molar-refractivity contribution in [1.29, 1.82) is 0 Å². The molecule has 3 nitrogen and oxygen atoms in total. The van der Waals surface area contributed by atoms with Crippen LogP contribution < -0.4 is 10.6 Å². The number of halogens is 4. The van der Waals surface area contributed by atoms with E-state index in [0.717, 1.165) is 0 Å². The number of aromatic nitrogens is 1. The minimum absolute atomic E-state index is 0.302. The Labute approximate surface area is 135 Å². The van der Waals surface area contributed by atoms with E-state index in [-0.39, 0.29) is 0 Å². The molecule has 112 valence electrons. The number of hydrogen-bond acceptors (Lipinski definition) is 4. The molecule has 21 heavy (non-hydrogen) atoms. The van der Waals surface area contributed by atoms with Crippen molar-refractivity contribution < 1.29 is 8.78 Å². The molecule has 1 aromatic heterocycles. The topological polar surface area (TPSA) is 37.0 Å². The number of benzene rings is 1. The molecule has 0 radical (unpaired) electrons. The maximum Gasteiger partial charge on any atom is 0.288 e. The summed E-state index contributed by atoms with van der Waals surface area (Å²) in [5.41, 5.74) is 0.501. The Balaban J connectivity index is 2.34. The number of rotatable bonds is 5. The molecule has 0 atom stereocenters. The first kappa shape index (κ1) is 16.1. The Morgan fingerprint density at radius 2 is 1.81 bits per heavy atom. The molecule has 0 saturated carbocycles. The number of anilines is 3. The number of nitrogens with zero attached hydrogens (tertiary/aromatic N) is 1. The summed E-state index contributed by atoms with van der Waals surface area (Å²) in [5, 5.41) is 6.46. The predicted molar refractivity (Wildman–Crippen MR) is 85.4 cm³/mol. The summed E-state index contributed by atoms with van der Waals surface area (Å²) in [6.45, 7) is 0. The van der Waals surface area contributed by atoms with Gasteiger partial charge in [0.2, 0.25) is 0 Å². The van der Waals surface area contributed by atoms with Gasteiger partial charge in [0.25, 0.3) is 5.76 Å². The lowest BCUT2D eigenvalue weighted by Crippen LogP contribution is -2.00. The summed E-state index contributed by atoms with van der Waals surface area (Å²) in [7, 11) is 1.67. The van der Waals surface area contributed by atoms with Gasteiger partial charge in [0.05, 0.1) is 15.7 Å². The lowest BCUT2D eigenvalue weighted by molar-refractivity contribution is 0.252. The van der Waals surface area contributed by atoms with E-state index in [4.69, 9.17) is 23.2 Å². The molecule has 2 rings (SSSR count). The quantitative estimate of drug-likeness (QED) is 0.700. The van der Waals surface area contributed by atoms with Crippen molar-refractivity contribution in [1.82, 2.24) is 4.98 Å². The van der Waals surface area contributed by atoms with Gasteiger partial charge in [-0.2, -0.15) is 8.78 Å². The number of alkyl halides is 2. The maximum atomic E-state index is 12.6. The second kappa shape index (κ2) is 7.15. The van der Waals surface area contributed by atoms with Gasteiger partial charge in [-0.1, -0.05) is 47.1 Å². The van der Waals surface area contributed by atoms with Crippen molar-refractivity contribution in [2.45, 2.75) is 10.7 Å². The maximum absolute atomic E-state index is 12.6. The van der Waals surface area contributed by atoms with Gasteiger partial charge in [-0.15, -0.1) is 0 Å². The smallest absolute Gasteiger partial charge is 0.288 e. The van der Waals surface area contributed by atoms with Crippen LogP contribution in [0.5, 0.6) is 0 Å². The Hall–Kier alpha value is -1.24. The molecule has 0 aliphatic heterocycles. The molecule has 2 aromatic rings. The van der Waals surface area contributed by atoms with Crippen LogP contribution in [0.25, 0.3) is 0 Å². The molecule has 1 heterocycles. The lowest BCUT2D eigenvalue weighted by Gasteiger charge is -2.13. The number of thioether (sulfide) groups is 1. The first-order valence-corrected chi connectivity index (χ1v) is 7.49. The third kappa shape index (κ3) is 4.12. The predicted octanol–water partition coefficient (Wildman–Crippen LogP) is 5.49. The summed E-state index contributed by atoms with van der Waals surface area (Å²) in [5.74, 6) is -1.72. The van der Waals surface area contributed by atoms with E-state index >= 15 is 0 Å². The number of hydrogen-bond donors (Lipinski definition) is 2. The Kier molecular flexibility index (Phi) is 5.50. The largest absolute Gasteiger partial charge is 0.372 e. The van der Waals surface area contributed by atoms with Gasteiger partial charge in [-0.25, -0.2) is 4.98 Å². The average molecular weight is 350 g/mol. The monoisotopic (exact) mass is 349 g/mol. The highest BCUT2D eigenvalue weighted by Crippen LogP contribution is 2.36. The zero-order chi connectivity index (χ0) is 15.4. The van der Waals surface area contributed by atoms with Crippen molar-refractivity contribution in [3.8, 4) is 0 Å².